The van der Waals surface area contributed by atoms with Crippen LogP contribution in [-0.4, -0.2) is 20.6 Å². The maximum Gasteiger partial charge on any atom is 0.255 e. The molecule has 0 atom stereocenters. The van der Waals surface area contributed by atoms with Crippen LogP contribution in [0.1, 0.15) is 10.4 Å². The topological polar surface area (TPSA) is 75.3 Å². The van der Waals surface area contributed by atoms with Crippen LogP contribution in [0.4, 0.5) is 24.5 Å². The lowest BCUT2D eigenvalue weighted by Gasteiger charge is -2.12. The Labute approximate surface area is 130 Å². The van der Waals surface area contributed by atoms with E-state index >= 15 is 0 Å². The highest BCUT2D eigenvalue weighted by Crippen LogP contribution is 2.24. The Morgan fingerprint density at radius 2 is 1.65 bits per heavy atom. The van der Waals surface area contributed by atoms with Gasteiger partial charge >= 0.3 is 0 Å². The fourth-order valence-corrected chi connectivity index (χ4v) is 2.32. The van der Waals surface area contributed by atoms with Crippen molar-refractivity contribution in [3.05, 3.63) is 59.4 Å². The van der Waals surface area contributed by atoms with Gasteiger partial charge in [-0.2, -0.15) is 0 Å². The van der Waals surface area contributed by atoms with Crippen LogP contribution in [-0.2, 0) is 10.0 Å². The molecule has 2 aromatic rings. The molecule has 2 N–H and O–H groups in total. The molecule has 0 spiro atoms. The number of sulfonamides is 1. The molecular weight excluding hydrogens is 333 g/mol. The first-order chi connectivity index (χ1) is 10.7. The van der Waals surface area contributed by atoms with Gasteiger partial charge in [-0.3, -0.25) is 9.52 Å². The lowest BCUT2D eigenvalue weighted by atomic mass is 10.2. The van der Waals surface area contributed by atoms with Gasteiger partial charge in [0.2, 0.25) is 10.0 Å². The largest absolute Gasteiger partial charge is 0.320 e. The van der Waals surface area contributed by atoms with Crippen molar-refractivity contribution in [2.75, 3.05) is 16.3 Å². The highest BCUT2D eigenvalue weighted by atomic mass is 32.2. The van der Waals surface area contributed by atoms with Crippen molar-refractivity contribution in [2.45, 2.75) is 0 Å². The summed E-state index contributed by atoms with van der Waals surface area (Å²) in [4.78, 5) is 12.0. The molecule has 2 aromatic carbocycles. The first-order valence-corrected chi connectivity index (χ1v) is 8.08. The van der Waals surface area contributed by atoms with Crippen LogP contribution in [0.15, 0.2) is 36.4 Å². The minimum Gasteiger partial charge on any atom is -0.320 e. The first kappa shape index (κ1) is 16.8. The van der Waals surface area contributed by atoms with E-state index in [2.05, 4.69) is 10.0 Å². The number of halogens is 3. The molecule has 0 heterocycles. The summed E-state index contributed by atoms with van der Waals surface area (Å²) in [6.07, 6.45) is 0.886. The van der Waals surface area contributed by atoms with Gasteiger partial charge in [0, 0.05) is 5.56 Å². The number of carbonyl (C=O) groups is 1. The van der Waals surface area contributed by atoms with E-state index in [-0.39, 0.29) is 16.9 Å². The van der Waals surface area contributed by atoms with Crippen molar-refractivity contribution < 1.29 is 26.4 Å². The smallest absolute Gasteiger partial charge is 0.255 e. The molecular formula is C14H11F3N2O3S. The normalized spacial score (nSPS) is 11.1. The molecule has 122 valence electrons. The SMILES string of the molecule is CS(=O)(=O)Nc1ccc(F)cc1NC(=O)c1ccc(F)c(F)c1. The summed E-state index contributed by atoms with van der Waals surface area (Å²) >= 11 is 0. The van der Waals surface area contributed by atoms with Gasteiger partial charge < -0.3 is 5.32 Å². The lowest BCUT2D eigenvalue weighted by molar-refractivity contribution is 0.102. The van der Waals surface area contributed by atoms with Gasteiger partial charge in [0.05, 0.1) is 17.6 Å². The predicted molar refractivity (Wildman–Crippen MR) is 79.2 cm³/mol. The second kappa shape index (κ2) is 6.29. The van der Waals surface area contributed by atoms with Crippen molar-refractivity contribution >= 4 is 27.3 Å². The Balaban J connectivity index is 2.33. The summed E-state index contributed by atoms with van der Waals surface area (Å²) in [5.41, 5.74) is -0.437. The van der Waals surface area contributed by atoms with Crippen LogP contribution in [0.5, 0.6) is 0 Å². The quantitative estimate of drug-likeness (QED) is 0.895. The van der Waals surface area contributed by atoms with Crippen molar-refractivity contribution in [1.29, 1.82) is 0 Å². The molecule has 0 bridgehead atoms. The first-order valence-electron chi connectivity index (χ1n) is 6.19. The summed E-state index contributed by atoms with van der Waals surface area (Å²) in [6.45, 7) is 0. The van der Waals surface area contributed by atoms with Crippen LogP contribution in [0.3, 0.4) is 0 Å². The molecule has 0 radical (unpaired) electrons. The Morgan fingerprint density at radius 3 is 2.26 bits per heavy atom. The fraction of sp³-hybridized carbons (Fsp3) is 0.0714. The zero-order valence-electron chi connectivity index (χ0n) is 11.7. The molecule has 0 unspecified atom stereocenters. The maximum atomic E-state index is 13.3. The third-order valence-corrected chi connectivity index (χ3v) is 3.30. The van der Waals surface area contributed by atoms with Crippen LogP contribution in [0.2, 0.25) is 0 Å². The van der Waals surface area contributed by atoms with Crippen molar-refractivity contribution in [3.8, 4) is 0 Å². The monoisotopic (exact) mass is 344 g/mol. The Hall–Kier alpha value is -2.55. The molecule has 23 heavy (non-hydrogen) atoms. The summed E-state index contributed by atoms with van der Waals surface area (Å²) < 4.78 is 64.0. The molecule has 0 aliphatic heterocycles. The van der Waals surface area contributed by atoms with Crippen LogP contribution in [0, 0.1) is 17.5 Å². The van der Waals surface area contributed by atoms with E-state index < -0.39 is 33.4 Å². The van der Waals surface area contributed by atoms with E-state index in [9.17, 15) is 26.4 Å². The van der Waals surface area contributed by atoms with Gasteiger partial charge in [0.1, 0.15) is 5.82 Å². The number of amides is 1. The van der Waals surface area contributed by atoms with E-state index in [0.717, 1.165) is 36.6 Å². The number of rotatable bonds is 4. The zero-order valence-corrected chi connectivity index (χ0v) is 12.5. The van der Waals surface area contributed by atoms with E-state index in [1.54, 1.807) is 0 Å². The molecule has 0 saturated carbocycles. The molecule has 5 nitrogen and oxygen atoms in total. The summed E-state index contributed by atoms with van der Waals surface area (Å²) in [5, 5.41) is 2.24. The molecule has 2 rings (SSSR count). The Morgan fingerprint density at radius 1 is 0.957 bits per heavy atom. The van der Waals surface area contributed by atoms with Gasteiger partial charge in [-0.05, 0) is 36.4 Å². The standard InChI is InChI=1S/C14H11F3N2O3S/c1-23(21,22)19-12-5-3-9(15)7-13(12)18-14(20)8-2-4-10(16)11(17)6-8/h2-7,19H,1H3,(H,18,20). The number of hydrogen-bond acceptors (Lipinski definition) is 3. The fourth-order valence-electron chi connectivity index (χ4n) is 1.74. The summed E-state index contributed by atoms with van der Waals surface area (Å²) in [5.74, 6) is -3.91. The summed E-state index contributed by atoms with van der Waals surface area (Å²) in [6, 6.07) is 5.50. The predicted octanol–water partition coefficient (Wildman–Crippen LogP) is 2.73. The zero-order chi connectivity index (χ0) is 17.2. The number of carbonyl (C=O) groups excluding carboxylic acids is 1. The average Bonchev–Trinajstić information content (AvgIpc) is 2.43. The minimum atomic E-state index is -3.66. The van der Waals surface area contributed by atoms with Gasteiger partial charge in [-0.1, -0.05) is 0 Å². The second-order valence-electron chi connectivity index (χ2n) is 4.65. The van der Waals surface area contributed by atoms with Crippen LogP contribution in [0.25, 0.3) is 0 Å². The van der Waals surface area contributed by atoms with Crippen molar-refractivity contribution in [1.82, 2.24) is 0 Å². The third-order valence-electron chi connectivity index (χ3n) is 2.71. The van der Waals surface area contributed by atoms with Crippen LogP contribution >= 0.6 is 0 Å². The Kier molecular flexibility index (Phi) is 4.60. The van der Waals surface area contributed by atoms with E-state index in [1.165, 1.54) is 0 Å². The van der Waals surface area contributed by atoms with E-state index in [1.807, 2.05) is 0 Å². The van der Waals surface area contributed by atoms with Gasteiger partial charge in [-0.15, -0.1) is 0 Å². The second-order valence-corrected chi connectivity index (χ2v) is 6.40. The molecule has 0 aliphatic carbocycles. The lowest BCUT2D eigenvalue weighted by Crippen LogP contribution is -2.16. The van der Waals surface area contributed by atoms with E-state index in [0.29, 0.717) is 6.07 Å². The van der Waals surface area contributed by atoms with Gasteiger partial charge in [-0.25, -0.2) is 21.6 Å². The molecule has 0 aromatic heterocycles. The van der Waals surface area contributed by atoms with Crippen molar-refractivity contribution in [3.63, 3.8) is 0 Å². The highest BCUT2D eigenvalue weighted by Gasteiger charge is 2.14. The highest BCUT2D eigenvalue weighted by molar-refractivity contribution is 7.92. The third kappa shape index (κ3) is 4.46. The molecule has 0 aliphatic rings. The number of anilines is 2. The average molecular weight is 344 g/mol. The summed E-state index contributed by atoms with van der Waals surface area (Å²) in [7, 11) is -3.66. The Bertz CT molecular complexity index is 870. The minimum absolute atomic E-state index is 0.0650. The molecule has 0 saturated heterocycles. The number of benzene rings is 2. The van der Waals surface area contributed by atoms with Gasteiger partial charge in [0.25, 0.3) is 5.91 Å². The maximum absolute atomic E-state index is 13.3. The van der Waals surface area contributed by atoms with Crippen LogP contribution < -0.4 is 10.0 Å². The number of hydrogen-bond donors (Lipinski definition) is 2. The van der Waals surface area contributed by atoms with Crippen molar-refractivity contribution in [2.24, 2.45) is 0 Å². The molecule has 1 amide bonds. The molecule has 0 fully saturated rings. The molecule has 9 heteroatoms. The number of nitrogens with one attached hydrogen (secondary N) is 2. The van der Waals surface area contributed by atoms with Gasteiger partial charge in [0.15, 0.2) is 11.6 Å². The van der Waals surface area contributed by atoms with E-state index in [4.69, 9.17) is 0 Å².